The number of benzene rings is 1. The average molecular weight is 306 g/mol. The fourth-order valence-corrected chi connectivity index (χ4v) is 3.93. The number of fused-ring (bicyclic) bond motifs is 1. The zero-order valence-electron chi connectivity index (χ0n) is 11.6. The van der Waals surface area contributed by atoms with Crippen LogP contribution in [0.15, 0.2) is 23.1 Å². The van der Waals surface area contributed by atoms with Gasteiger partial charge >= 0.3 is 0 Å². The summed E-state index contributed by atoms with van der Waals surface area (Å²) in [6.07, 6.45) is 5.05. The van der Waals surface area contributed by atoms with Gasteiger partial charge in [-0.05, 0) is 32.0 Å². The molecule has 0 fully saturated rings. The number of carbonyl (C=O) groups excluding carboxylic acids is 2. The fraction of sp³-hybridized carbons (Fsp3) is 0.286. The standard InChI is InChI=1S/C14H14N2O4S/c1-4-7-15-13(17)10-5-6-11-12(8-10)21(19,20)16(9(2)3)14(11)18/h1,5-6,8-9H,7H2,2-3H3,(H,15,17). The number of amides is 2. The summed E-state index contributed by atoms with van der Waals surface area (Å²) in [5.74, 6) is 1.20. The molecule has 0 radical (unpaired) electrons. The van der Waals surface area contributed by atoms with E-state index in [0.717, 1.165) is 4.31 Å². The van der Waals surface area contributed by atoms with Crippen molar-refractivity contribution in [1.29, 1.82) is 0 Å². The molecule has 0 atom stereocenters. The Kier molecular flexibility index (Phi) is 3.75. The van der Waals surface area contributed by atoms with Crippen LogP contribution in [0.4, 0.5) is 0 Å². The molecule has 2 amide bonds. The first-order valence-corrected chi connectivity index (χ1v) is 7.69. The van der Waals surface area contributed by atoms with E-state index < -0.39 is 27.9 Å². The lowest BCUT2D eigenvalue weighted by Gasteiger charge is -2.18. The molecule has 1 aromatic rings. The lowest BCUT2D eigenvalue weighted by Crippen LogP contribution is -2.36. The van der Waals surface area contributed by atoms with E-state index in [2.05, 4.69) is 11.2 Å². The van der Waals surface area contributed by atoms with E-state index in [1.54, 1.807) is 13.8 Å². The van der Waals surface area contributed by atoms with Crippen LogP contribution in [0.3, 0.4) is 0 Å². The van der Waals surface area contributed by atoms with Crippen molar-refractivity contribution < 1.29 is 18.0 Å². The van der Waals surface area contributed by atoms with E-state index in [-0.39, 0.29) is 22.6 Å². The van der Waals surface area contributed by atoms with E-state index in [9.17, 15) is 18.0 Å². The molecule has 2 rings (SSSR count). The number of nitrogens with zero attached hydrogens (tertiary/aromatic N) is 1. The van der Waals surface area contributed by atoms with Crippen molar-refractivity contribution in [2.75, 3.05) is 6.54 Å². The second-order valence-corrected chi connectivity index (χ2v) is 6.58. The second kappa shape index (κ2) is 5.22. The third-order valence-electron chi connectivity index (χ3n) is 3.03. The van der Waals surface area contributed by atoms with Crippen molar-refractivity contribution in [3.8, 4) is 12.3 Å². The Labute approximate surface area is 123 Å². The number of carbonyl (C=O) groups is 2. The summed E-state index contributed by atoms with van der Waals surface area (Å²) in [6, 6.07) is 3.47. The molecule has 0 saturated heterocycles. The highest BCUT2D eigenvalue weighted by Crippen LogP contribution is 2.32. The van der Waals surface area contributed by atoms with Gasteiger partial charge in [0, 0.05) is 11.6 Å². The van der Waals surface area contributed by atoms with Crippen LogP contribution in [0.25, 0.3) is 0 Å². The zero-order chi connectivity index (χ0) is 15.8. The molecule has 110 valence electrons. The van der Waals surface area contributed by atoms with Gasteiger partial charge in [0.2, 0.25) is 0 Å². The Hall–Kier alpha value is -2.33. The molecular formula is C14H14N2O4S. The predicted molar refractivity (Wildman–Crippen MR) is 76.1 cm³/mol. The van der Waals surface area contributed by atoms with Gasteiger partial charge in [0.25, 0.3) is 21.8 Å². The van der Waals surface area contributed by atoms with Crippen LogP contribution in [0.2, 0.25) is 0 Å². The van der Waals surface area contributed by atoms with Crippen LogP contribution in [0, 0.1) is 12.3 Å². The molecule has 0 saturated carbocycles. The Morgan fingerprint density at radius 1 is 1.43 bits per heavy atom. The van der Waals surface area contributed by atoms with Gasteiger partial charge in [-0.25, -0.2) is 12.7 Å². The van der Waals surface area contributed by atoms with Crippen LogP contribution in [-0.2, 0) is 10.0 Å². The van der Waals surface area contributed by atoms with E-state index in [1.807, 2.05) is 0 Å². The van der Waals surface area contributed by atoms with Gasteiger partial charge in [0.15, 0.2) is 0 Å². The zero-order valence-corrected chi connectivity index (χ0v) is 12.4. The third kappa shape index (κ3) is 2.38. The van der Waals surface area contributed by atoms with Gasteiger partial charge < -0.3 is 5.32 Å². The van der Waals surface area contributed by atoms with Crippen molar-refractivity contribution in [1.82, 2.24) is 9.62 Å². The third-order valence-corrected chi connectivity index (χ3v) is 5.03. The summed E-state index contributed by atoms with van der Waals surface area (Å²) in [5, 5.41) is 2.44. The van der Waals surface area contributed by atoms with Gasteiger partial charge in [-0.15, -0.1) is 6.42 Å². The minimum atomic E-state index is -3.91. The quantitative estimate of drug-likeness (QED) is 0.829. The van der Waals surface area contributed by atoms with Crippen molar-refractivity contribution >= 4 is 21.8 Å². The minimum Gasteiger partial charge on any atom is -0.341 e. The average Bonchev–Trinajstić information content (AvgIpc) is 2.62. The largest absolute Gasteiger partial charge is 0.341 e. The monoisotopic (exact) mass is 306 g/mol. The van der Waals surface area contributed by atoms with Crippen molar-refractivity contribution in [2.45, 2.75) is 24.8 Å². The molecule has 0 unspecified atom stereocenters. The second-order valence-electron chi connectivity index (χ2n) is 4.80. The fourth-order valence-electron chi connectivity index (χ4n) is 2.13. The summed E-state index contributed by atoms with van der Waals surface area (Å²) >= 11 is 0. The molecule has 0 bridgehead atoms. The summed E-state index contributed by atoms with van der Waals surface area (Å²) in [7, 11) is -3.91. The van der Waals surface area contributed by atoms with Crippen LogP contribution in [-0.4, -0.2) is 37.1 Å². The van der Waals surface area contributed by atoms with Gasteiger partial charge in [-0.1, -0.05) is 5.92 Å². The molecule has 1 aromatic carbocycles. The molecule has 1 aliphatic rings. The molecule has 0 spiro atoms. The summed E-state index contributed by atoms with van der Waals surface area (Å²) < 4.78 is 25.6. The van der Waals surface area contributed by atoms with Crippen molar-refractivity contribution in [3.63, 3.8) is 0 Å². The normalized spacial score (nSPS) is 15.7. The highest BCUT2D eigenvalue weighted by molar-refractivity contribution is 7.90. The predicted octanol–water partition coefficient (Wildman–Crippen LogP) is 0.602. The Balaban J connectivity index is 2.49. The van der Waals surface area contributed by atoms with Gasteiger partial charge in [-0.2, -0.15) is 0 Å². The number of hydrogen-bond donors (Lipinski definition) is 1. The van der Waals surface area contributed by atoms with Gasteiger partial charge in [-0.3, -0.25) is 9.59 Å². The molecule has 0 aliphatic carbocycles. The molecule has 1 N–H and O–H groups in total. The van der Waals surface area contributed by atoms with Crippen molar-refractivity contribution in [2.24, 2.45) is 0 Å². The first-order chi connectivity index (χ1) is 9.80. The number of nitrogens with one attached hydrogen (secondary N) is 1. The maximum atomic E-state index is 12.4. The summed E-state index contributed by atoms with van der Waals surface area (Å²) in [4.78, 5) is 23.8. The SMILES string of the molecule is C#CCNC(=O)c1ccc2c(c1)S(=O)(=O)N(C(C)C)C2=O. The summed E-state index contributed by atoms with van der Waals surface area (Å²) in [6.45, 7) is 3.27. The number of hydrogen-bond acceptors (Lipinski definition) is 4. The molecular weight excluding hydrogens is 292 g/mol. The molecule has 6 nitrogen and oxygen atoms in total. The molecule has 1 heterocycles. The van der Waals surface area contributed by atoms with Crippen LogP contribution >= 0.6 is 0 Å². The topological polar surface area (TPSA) is 83.6 Å². The van der Waals surface area contributed by atoms with Gasteiger partial charge in [0.05, 0.1) is 12.1 Å². The van der Waals surface area contributed by atoms with E-state index in [4.69, 9.17) is 6.42 Å². The van der Waals surface area contributed by atoms with Crippen LogP contribution < -0.4 is 5.32 Å². The first-order valence-electron chi connectivity index (χ1n) is 6.25. The molecule has 1 aliphatic heterocycles. The number of terminal acetylenes is 1. The van der Waals surface area contributed by atoms with Crippen molar-refractivity contribution in [3.05, 3.63) is 29.3 Å². The highest BCUT2D eigenvalue weighted by atomic mass is 32.2. The van der Waals surface area contributed by atoms with Gasteiger partial charge in [0.1, 0.15) is 4.90 Å². The maximum absolute atomic E-state index is 12.4. The highest BCUT2D eigenvalue weighted by Gasteiger charge is 2.42. The van der Waals surface area contributed by atoms with E-state index in [0.29, 0.717) is 0 Å². The van der Waals surface area contributed by atoms with E-state index >= 15 is 0 Å². The number of sulfonamides is 1. The van der Waals surface area contributed by atoms with E-state index in [1.165, 1.54) is 18.2 Å². The minimum absolute atomic E-state index is 0.0414. The summed E-state index contributed by atoms with van der Waals surface area (Å²) in [5.41, 5.74) is 0.225. The van der Waals surface area contributed by atoms with Crippen LogP contribution in [0.5, 0.6) is 0 Å². The van der Waals surface area contributed by atoms with Crippen LogP contribution in [0.1, 0.15) is 34.6 Å². The number of rotatable bonds is 3. The lowest BCUT2D eigenvalue weighted by atomic mass is 10.1. The molecule has 7 heteroatoms. The molecule has 0 aromatic heterocycles. The molecule has 21 heavy (non-hydrogen) atoms. The maximum Gasteiger partial charge on any atom is 0.269 e. The lowest BCUT2D eigenvalue weighted by molar-refractivity contribution is 0.0845. The Morgan fingerprint density at radius 2 is 2.10 bits per heavy atom. The Bertz CT molecular complexity index is 760. The first kappa shape index (κ1) is 15.1. The Morgan fingerprint density at radius 3 is 2.67 bits per heavy atom. The smallest absolute Gasteiger partial charge is 0.269 e.